The second kappa shape index (κ2) is 10.1. The van der Waals surface area contributed by atoms with Crippen molar-refractivity contribution in [1.29, 1.82) is 0 Å². The molecule has 0 saturated carbocycles. The fraction of sp³-hybridized carbons (Fsp3) is 0. The highest BCUT2D eigenvalue weighted by Gasteiger charge is 2.17. The summed E-state index contributed by atoms with van der Waals surface area (Å²) in [6.07, 6.45) is 1.31. The number of carbonyl (C=O) groups is 2. The van der Waals surface area contributed by atoms with Crippen molar-refractivity contribution >= 4 is 78.4 Å². The van der Waals surface area contributed by atoms with Crippen LogP contribution >= 0.6 is 38.9 Å². The van der Waals surface area contributed by atoms with Crippen LogP contribution in [0, 0.1) is 10.1 Å². The summed E-state index contributed by atoms with van der Waals surface area (Å²) in [5.74, 6) is -0.821. The predicted molar refractivity (Wildman–Crippen MR) is 137 cm³/mol. The standard InChI is InChI=1S/C23H14BrClN4O4S/c24-15-6-9-18-19(11-15)34-21(20(18)25)23(31)27-16-7-4-14(5-8-16)22(30)28-26-12-13-2-1-3-17(10-13)29(32)33/h1-12H,(H,27,31)(H,28,30)/b26-12-. The molecule has 0 aliphatic heterocycles. The zero-order valence-corrected chi connectivity index (χ0v) is 20.3. The number of nitro groups is 1. The molecular formula is C23H14BrClN4O4S. The molecule has 4 aromatic rings. The second-order valence-corrected chi connectivity index (χ2v) is 9.31. The summed E-state index contributed by atoms with van der Waals surface area (Å²) in [5.41, 5.74) is 3.58. The number of nitro benzene ring substituents is 1. The molecule has 1 aromatic heterocycles. The number of nitrogens with one attached hydrogen (secondary N) is 2. The van der Waals surface area contributed by atoms with Crippen molar-refractivity contribution in [1.82, 2.24) is 5.43 Å². The van der Waals surface area contributed by atoms with Gasteiger partial charge in [0.05, 0.1) is 16.2 Å². The molecule has 8 nitrogen and oxygen atoms in total. The normalized spacial score (nSPS) is 11.0. The highest BCUT2D eigenvalue weighted by molar-refractivity contribution is 9.10. The molecule has 2 amide bonds. The van der Waals surface area contributed by atoms with Crippen molar-refractivity contribution in [2.45, 2.75) is 0 Å². The van der Waals surface area contributed by atoms with Gasteiger partial charge in [0.1, 0.15) is 4.88 Å². The van der Waals surface area contributed by atoms with E-state index in [4.69, 9.17) is 11.6 Å². The maximum atomic E-state index is 12.7. The molecule has 1 heterocycles. The van der Waals surface area contributed by atoms with Gasteiger partial charge in [-0.15, -0.1) is 11.3 Å². The molecule has 3 aromatic carbocycles. The van der Waals surface area contributed by atoms with Crippen molar-refractivity contribution in [2.24, 2.45) is 5.10 Å². The molecule has 0 atom stereocenters. The summed E-state index contributed by atoms with van der Waals surface area (Å²) >= 11 is 11.1. The van der Waals surface area contributed by atoms with Crippen LogP contribution in [-0.2, 0) is 0 Å². The minimum absolute atomic E-state index is 0.0716. The van der Waals surface area contributed by atoms with Gasteiger partial charge in [-0.05, 0) is 36.4 Å². The number of fused-ring (bicyclic) bond motifs is 1. The molecule has 0 bridgehead atoms. The van der Waals surface area contributed by atoms with E-state index in [9.17, 15) is 19.7 Å². The Morgan fingerprint density at radius 2 is 1.82 bits per heavy atom. The quantitative estimate of drug-likeness (QED) is 0.166. The summed E-state index contributed by atoms with van der Waals surface area (Å²) in [6.45, 7) is 0. The van der Waals surface area contributed by atoms with Crippen LogP contribution < -0.4 is 10.7 Å². The number of rotatable bonds is 6. The summed E-state index contributed by atoms with van der Waals surface area (Å²) < 4.78 is 1.79. The molecule has 11 heteroatoms. The van der Waals surface area contributed by atoms with E-state index in [0.29, 0.717) is 26.7 Å². The van der Waals surface area contributed by atoms with E-state index in [1.165, 1.54) is 47.9 Å². The summed E-state index contributed by atoms with van der Waals surface area (Å²) in [4.78, 5) is 35.7. The third-order valence-corrected chi connectivity index (χ3v) is 6.81. The molecule has 0 saturated heterocycles. The molecule has 0 aliphatic carbocycles. The van der Waals surface area contributed by atoms with E-state index in [0.717, 1.165) is 14.6 Å². The van der Waals surface area contributed by atoms with Crippen LogP contribution in [0.1, 0.15) is 25.6 Å². The summed E-state index contributed by atoms with van der Waals surface area (Å²) in [6, 6.07) is 17.7. The highest BCUT2D eigenvalue weighted by atomic mass is 79.9. The van der Waals surface area contributed by atoms with Gasteiger partial charge >= 0.3 is 0 Å². The van der Waals surface area contributed by atoms with E-state index >= 15 is 0 Å². The number of hydrazone groups is 1. The lowest BCUT2D eigenvalue weighted by Gasteiger charge is -2.05. The topological polar surface area (TPSA) is 114 Å². The largest absolute Gasteiger partial charge is 0.321 e. The lowest BCUT2D eigenvalue weighted by atomic mass is 10.2. The SMILES string of the molecule is O=C(N/N=C\c1cccc([N+](=O)[O-])c1)c1ccc(NC(=O)c2sc3cc(Br)ccc3c2Cl)cc1. The molecule has 0 spiro atoms. The monoisotopic (exact) mass is 556 g/mol. The van der Waals surface area contributed by atoms with Crippen LogP contribution in [0.3, 0.4) is 0 Å². The fourth-order valence-corrected chi connectivity index (χ4v) is 4.99. The number of hydrogen-bond donors (Lipinski definition) is 2. The fourth-order valence-electron chi connectivity index (χ4n) is 3.03. The van der Waals surface area contributed by atoms with Gasteiger partial charge in [0, 0.05) is 43.5 Å². The summed E-state index contributed by atoms with van der Waals surface area (Å²) in [7, 11) is 0. The van der Waals surface area contributed by atoms with Crippen LogP contribution in [-0.4, -0.2) is 23.0 Å². The van der Waals surface area contributed by atoms with Crippen LogP contribution in [0.15, 0.2) is 76.3 Å². The average Bonchev–Trinajstić information content (AvgIpc) is 3.15. The smallest absolute Gasteiger partial charge is 0.271 e. The van der Waals surface area contributed by atoms with Crippen LogP contribution in [0.25, 0.3) is 10.1 Å². The number of amides is 2. The van der Waals surface area contributed by atoms with Gasteiger partial charge in [-0.25, -0.2) is 5.43 Å². The molecule has 0 unspecified atom stereocenters. The van der Waals surface area contributed by atoms with Gasteiger partial charge in [0.2, 0.25) is 0 Å². The van der Waals surface area contributed by atoms with E-state index in [1.807, 2.05) is 18.2 Å². The molecular weight excluding hydrogens is 544 g/mol. The molecule has 170 valence electrons. The Balaban J connectivity index is 1.39. The first-order chi connectivity index (χ1) is 16.3. The van der Waals surface area contributed by atoms with E-state index in [1.54, 1.807) is 18.2 Å². The number of nitrogens with zero attached hydrogens (tertiary/aromatic N) is 2. The number of benzene rings is 3. The lowest BCUT2D eigenvalue weighted by Crippen LogP contribution is -2.17. The Kier molecular flexibility index (Phi) is 7.01. The third-order valence-electron chi connectivity index (χ3n) is 4.66. The Morgan fingerprint density at radius 3 is 2.56 bits per heavy atom. The first-order valence-electron chi connectivity index (χ1n) is 9.68. The Labute approximate surface area is 210 Å². The zero-order chi connectivity index (χ0) is 24.2. The predicted octanol–water partition coefficient (Wildman–Crippen LogP) is 6.24. The molecule has 0 aliphatic rings. The van der Waals surface area contributed by atoms with Crippen LogP contribution in [0.2, 0.25) is 5.02 Å². The number of thiophene rings is 1. The van der Waals surface area contributed by atoms with E-state index in [-0.39, 0.29) is 11.6 Å². The van der Waals surface area contributed by atoms with Crippen molar-refractivity contribution < 1.29 is 14.5 Å². The average molecular weight is 558 g/mol. The van der Waals surface area contributed by atoms with Gasteiger partial charge in [0.25, 0.3) is 17.5 Å². The Morgan fingerprint density at radius 1 is 1.06 bits per heavy atom. The zero-order valence-electron chi connectivity index (χ0n) is 17.1. The van der Waals surface area contributed by atoms with Gasteiger partial charge in [0.15, 0.2) is 0 Å². The first kappa shape index (κ1) is 23.6. The van der Waals surface area contributed by atoms with E-state index < -0.39 is 10.8 Å². The van der Waals surface area contributed by atoms with Gasteiger partial charge in [-0.2, -0.15) is 5.10 Å². The molecule has 4 rings (SSSR count). The second-order valence-electron chi connectivity index (χ2n) is 6.97. The molecule has 0 fully saturated rings. The maximum absolute atomic E-state index is 12.7. The van der Waals surface area contributed by atoms with Gasteiger partial charge < -0.3 is 5.32 Å². The van der Waals surface area contributed by atoms with Gasteiger partial charge in [-0.3, -0.25) is 19.7 Å². The number of anilines is 1. The number of hydrogen-bond acceptors (Lipinski definition) is 6. The minimum atomic E-state index is -0.510. The number of carbonyl (C=O) groups excluding carboxylic acids is 2. The van der Waals surface area contributed by atoms with Crippen LogP contribution in [0.4, 0.5) is 11.4 Å². The van der Waals surface area contributed by atoms with Crippen molar-refractivity contribution in [3.8, 4) is 0 Å². The number of non-ortho nitro benzene ring substituents is 1. The molecule has 34 heavy (non-hydrogen) atoms. The lowest BCUT2D eigenvalue weighted by molar-refractivity contribution is -0.384. The first-order valence-corrected chi connectivity index (χ1v) is 11.7. The van der Waals surface area contributed by atoms with Crippen molar-refractivity contribution in [3.63, 3.8) is 0 Å². The highest BCUT2D eigenvalue weighted by Crippen LogP contribution is 2.37. The van der Waals surface area contributed by atoms with Gasteiger partial charge in [-0.1, -0.05) is 45.7 Å². The molecule has 0 radical (unpaired) electrons. The summed E-state index contributed by atoms with van der Waals surface area (Å²) in [5, 5.41) is 18.6. The van der Waals surface area contributed by atoms with E-state index in [2.05, 4.69) is 31.8 Å². The third kappa shape index (κ3) is 5.30. The number of halogens is 2. The maximum Gasteiger partial charge on any atom is 0.271 e. The molecule has 2 N–H and O–H groups in total. The van der Waals surface area contributed by atoms with Crippen LogP contribution in [0.5, 0.6) is 0 Å². The van der Waals surface area contributed by atoms with Crippen molar-refractivity contribution in [3.05, 3.63) is 102 Å². The minimum Gasteiger partial charge on any atom is -0.321 e. The van der Waals surface area contributed by atoms with Crippen molar-refractivity contribution in [2.75, 3.05) is 5.32 Å². The Bertz CT molecular complexity index is 1450. The Hall–Kier alpha value is -3.60.